The van der Waals surface area contributed by atoms with E-state index in [1.807, 2.05) is 36.4 Å². The van der Waals surface area contributed by atoms with E-state index in [4.69, 9.17) is 9.47 Å². The Hall–Kier alpha value is -4.50. The summed E-state index contributed by atoms with van der Waals surface area (Å²) in [5, 5.41) is 9.74. The number of ether oxygens (including phenoxy) is 2. The molecule has 0 amide bonds. The monoisotopic (exact) mass is 556 g/mol. The highest BCUT2D eigenvalue weighted by Gasteiger charge is 2.27. The summed E-state index contributed by atoms with van der Waals surface area (Å²) in [6.07, 6.45) is 1.74. The largest absolute Gasteiger partial charge is 0.487 e. The van der Waals surface area contributed by atoms with Crippen LogP contribution < -0.4 is 9.47 Å². The molecule has 1 aliphatic rings. The van der Waals surface area contributed by atoms with Gasteiger partial charge in [0.2, 0.25) is 0 Å². The van der Waals surface area contributed by atoms with Crippen LogP contribution >= 0.6 is 11.8 Å². The van der Waals surface area contributed by atoms with E-state index in [-0.39, 0.29) is 17.4 Å². The summed E-state index contributed by atoms with van der Waals surface area (Å²) in [5.41, 5.74) is 4.83. The van der Waals surface area contributed by atoms with Crippen molar-refractivity contribution in [3.63, 3.8) is 0 Å². The molecule has 0 spiro atoms. The van der Waals surface area contributed by atoms with Gasteiger partial charge in [-0.15, -0.1) is 11.8 Å². The highest BCUT2D eigenvalue weighted by molar-refractivity contribution is 7.99. The van der Waals surface area contributed by atoms with Crippen molar-refractivity contribution >= 4 is 28.6 Å². The summed E-state index contributed by atoms with van der Waals surface area (Å²) in [6, 6.07) is 22.1. The fraction of sp³-hybridized carbons (Fsp3) is 0.129. The Balaban J connectivity index is 1.28. The van der Waals surface area contributed by atoms with Crippen molar-refractivity contribution in [3.05, 3.63) is 130 Å². The number of carbonyl (C=O) groups is 1. The number of aromatic nitrogens is 2. The van der Waals surface area contributed by atoms with Crippen LogP contribution in [0.25, 0.3) is 10.9 Å². The van der Waals surface area contributed by atoms with Gasteiger partial charge in [-0.05, 0) is 59.7 Å². The molecule has 3 aromatic carbocycles. The molecule has 1 atom stereocenters. The zero-order valence-corrected chi connectivity index (χ0v) is 21.8. The van der Waals surface area contributed by atoms with Crippen LogP contribution in [-0.2, 0) is 19.0 Å². The van der Waals surface area contributed by atoms with E-state index in [1.54, 1.807) is 48.3 Å². The first-order valence-electron chi connectivity index (χ1n) is 12.5. The Morgan fingerprint density at radius 2 is 1.88 bits per heavy atom. The van der Waals surface area contributed by atoms with Gasteiger partial charge in [-0.25, -0.2) is 18.6 Å². The zero-order valence-electron chi connectivity index (χ0n) is 21.0. The molecule has 40 heavy (non-hydrogen) atoms. The highest BCUT2D eigenvalue weighted by atomic mass is 32.2. The third kappa shape index (κ3) is 5.33. The van der Waals surface area contributed by atoms with Crippen LogP contribution in [0.1, 0.15) is 43.7 Å². The number of carboxylic acids is 1. The lowest BCUT2D eigenvalue weighted by Crippen LogP contribution is -2.03. The van der Waals surface area contributed by atoms with Crippen LogP contribution in [0.15, 0.2) is 85.1 Å². The Morgan fingerprint density at radius 3 is 2.75 bits per heavy atom. The molecule has 0 fully saturated rings. The smallest absolute Gasteiger partial charge is 0.335 e. The lowest BCUT2D eigenvalue weighted by atomic mass is 10.0. The number of aromatic carboxylic acids is 1. The summed E-state index contributed by atoms with van der Waals surface area (Å²) in [6.45, 7) is 0.458. The molecule has 9 heteroatoms. The maximum Gasteiger partial charge on any atom is 0.335 e. The van der Waals surface area contributed by atoms with Crippen molar-refractivity contribution in [1.29, 1.82) is 0 Å². The average molecular weight is 557 g/mol. The summed E-state index contributed by atoms with van der Waals surface area (Å²) in [5.74, 6) is -0.942. The van der Waals surface area contributed by atoms with E-state index in [1.165, 1.54) is 0 Å². The standard InChI is InChI=1S/C31H22F2N2O4S/c32-25-12-19-6-7-21(35-27(19)14-26(25)33)15-38-22-8-9-29-24(13-22)30(23-5-2-10-34-28(23)16-39-29)40-17-18-3-1-4-20(11-18)31(36)37/h1-14,30H,15-17H2,(H,36,37). The number of pyridine rings is 2. The number of thioether (sulfide) groups is 1. The SMILES string of the molecule is O=C(O)c1cccc(CSC2c3cc(OCc4ccc5cc(F)c(F)cc5n4)ccc3OCc3ncccc32)c1. The Labute approximate surface area is 232 Å². The minimum Gasteiger partial charge on any atom is -0.487 e. The molecule has 1 aliphatic heterocycles. The van der Waals surface area contributed by atoms with Gasteiger partial charge in [0.05, 0.1) is 27.7 Å². The van der Waals surface area contributed by atoms with E-state index in [0.29, 0.717) is 40.5 Å². The third-order valence-corrected chi connectivity index (χ3v) is 7.94. The molecule has 0 saturated heterocycles. The van der Waals surface area contributed by atoms with Crippen LogP contribution in [0.4, 0.5) is 8.78 Å². The minimum absolute atomic E-state index is 0.131. The molecule has 0 saturated carbocycles. The number of hydrogen-bond donors (Lipinski definition) is 1. The molecule has 0 bridgehead atoms. The first kappa shape index (κ1) is 25.8. The van der Waals surface area contributed by atoms with Gasteiger partial charge >= 0.3 is 5.97 Å². The van der Waals surface area contributed by atoms with E-state index >= 15 is 0 Å². The van der Waals surface area contributed by atoms with Crippen molar-refractivity contribution in [3.8, 4) is 11.5 Å². The van der Waals surface area contributed by atoms with Gasteiger partial charge in [0, 0.05) is 29.0 Å². The van der Waals surface area contributed by atoms with Gasteiger partial charge in [0.25, 0.3) is 0 Å². The molecule has 200 valence electrons. The van der Waals surface area contributed by atoms with E-state index < -0.39 is 17.6 Å². The Kier molecular flexibility index (Phi) is 7.04. The second kappa shape index (κ2) is 10.9. The summed E-state index contributed by atoms with van der Waals surface area (Å²) in [4.78, 5) is 20.4. The maximum atomic E-state index is 13.7. The van der Waals surface area contributed by atoms with Crippen LogP contribution in [0, 0.1) is 11.6 Å². The quantitative estimate of drug-likeness (QED) is 0.229. The predicted octanol–water partition coefficient (Wildman–Crippen LogP) is 7.10. The number of benzene rings is 3. The van der Waals surface area contributed by atoms with Crippen LogP contribution in [0.5, 0.6) is 11.5 Å². The average Bonchev–Trinajstić information content (AvgIpc) is 3.12. The number of fused-ring (bicyclic) bond motifs is 3. The number of carboxylic acid groups (broad SMARTS) is 1. The van der Waals surface area contributed by atoms with E-state index in [9.17, 15) is 18.7 Å². The molecular weight excluding hydrogens is 534 g/mol. The Bertz CT molecular complexity index is 1750. The molecule has 6 rings (SSSR count). The second-order valence-corrected chi connectivity index (χ2v) is 10.4. The molecule has 0 aliphatic carbocycles. The minimum atomic E-state index is -0.963. The molecule has 0 radical (unpaired) electrons. The molecule has 1 N–H and O–H groups in total. The van der Waals surface area contributed by atoms with Gasteiger partial charge in [0.1, 0.15) is 24.7 Å². The first-order valence-corrected chi connectivity index (χ1v) is 13.5. The van der Waals surface area contributed by atoms with Gasteiger partial charge in [-0.3, -0.25) is 4.98 Å². The number of rotatable bonds is 7. The number of nitrogens with zero attached hydrogens (tertiary/aromatic N) is 2. The maximum absolute atomic E-state index is 13.7. The van der Waals surface area contributed by atoms with Crippen molar-refractivity contribution in [2.24, 2.45) is 0 Å². The number of halogens is 2. The lowest BCUT2D eigenvalue weighted by Gasteiger charge is -2.19. The summed E-state index contributed by atoms with van der Waals surface area (Å²) >= 11 is 1.65. The third-order valence-electron chi connectivity index (χ3n) is 6.60. The second-order valence-electron chi connectivity index (χ2n) is 9.27. The normalized spacial score (nSPS) is 14.1. The number of hydrogen-bond acceptors (Lipinski definition) is 6. The first-order chi connectivity index (χ1) is 19.4. The topological polar surface area (TPSA) is 81.5 Å². The summed E-state index contributed by atoms with van der Waals surface area (Å²) < 4.78 is 39.4. The molecule has 3 heterocycles. The predicted molar refractivity (Wildman–Crippen MR) is 148 cm³/mol. The van der Waals surface area contributed by atoms with Gasteiger partial charge in [0.15, 0.2) is 11.6 Å². The Morgan fingerprint density at radius 1 is 1.00 bits per heavy atom. The van der Waals surface area contributed by atoms with E-state index in [2.05, 4.69) is 9.97 Å². The van der Waals surface area contributed by atoms with Crippen molar-refractivity contribution < 1.29 is 28.2 Å². The molecule has 5 aromatic rings. The fourth-order valence-electron chi connectivity index (χ4n) is 4.63. The van der Waals surface area contributed by atoms with E-state index in [0.717, 1.165) is 34.5 Å². The highest BCUT2D eigenvalue weighted by Crippen LogP contribution is 2.46. The van der Waals surface area contributed by atoms with Gasteiger partial charge in [-0.2, -0.15) is 0 Å². The van der Waals surface area contributed by atoms with Crippen LogP contribution in [0.3, 0.4) is 0 Å². The summed E-state index contributed by atoms with van der Waals surface area (Å²) in [7, 11) is 0. The molecule has 6 nitrogen and oxygen atoms in total. The van der Waals surface area contributed by atoms with Crippen LogP contribution in [0.2, 0.25) is 0 Å². The van der Waals surface area contributed by atoms with Crippen LogP contribution in [-0.4, -0.2) is 21.0 Å². The fourth-order valence-corrected chi connectivity index (χ4v) is 5.92. The van der Waals surface area contributed by atoms with Crippen molar-refractivity contribution in [1.82, 2.24) is 9.97 Å². The molecule has 2 aromatic heterocycles. The van der Waals surface area contributed by atoms with Gasteiger partial charge in [-0.1, -0.05) is 24.3 Å². The lowest BCUT2D eigenvalue weighted by molar-refractivity contribution is 0.0696. The van der Waals surface area contributed by atoms with Crippen molar-refractivity contribution in [2.45, 2.75) is 24.2 Å². The van der Waals surface area contributed by atoms with Crippen molar-refractivity contribution in [2.75, 3.05) is 0 Å². The molecule has 1 unspecified atom stereocenters. The van der Waals surface area contributed by atoms with Gasteiger partial charge < -0.3 is 14.6 Å². The zero-order chi connectivity index (χ0) is 27.6. The molecular formula is C31H22F2N2O4S.